The van der Waals surface area contributed by atoms with Crippen molar-refractivity contribution in [2.24, 2.45) is 0 Å². The zero-order chi connectivity index (χ0) is 21.1. The molecule has 0 saturated carbocycles. The number of halogens is 2. The predicted octanol–water partition coefficient (Wildman–Crippen LogP) is 4.48. The number of benzene rings is 2. The molecule has 2 aromatic carbocycles. The van der Waals surface area contributed by atoms with E-state index in [0.29, 0.717) is 16.4 Å². The fraction of sp³-hybridized carbons (Fsp3) is 0.238. The van der Waals surface area contributed by atoms with Crippen LogP contribution in [0.25, 0.3) is 0 Å². The van der Waals surface area contributed by atoms with Crippen molar-refractivity contribution in [3.05, 3.63) is 70.9 Å². The number of alkyl halides is 2. The summed E-state index contributed by atoms with van der Waals surface area (Å²) in [5.41, 5.74) is 2.96. The van der Waals surface area contributed by atoms with Crippen LogP contribution in [-0.4, -0.2) is 24.8 Å². The summed E-state index contributed by atoms with van der Waals surface area (Å²) in [7, 11) is 1.27. The van der Waals surface area contributed by atoms with Crippen molar-refractivity contribution >= 4 is 29.0 Å². The van der Waals surface area contributed by atoms with Crippen LogP contribution in [0, 0.1) is 6.92 Å². The molecule has 1 atom stereocenters. The number of carbonyl (C=O) groups is 1. The topological polar surface area (TPSA) is 50.8 Å². The van der Waals surface area contributed by atoms with Crippen LogP contribution < -0.4 is 15.0 Å². The van der Waals surface area contributed by atoms with E-state index >= 15 is 0 Å². The van der Waals surface area contributed by atoms with Crippen LogP contribution in [0.1, 0.15) is 24.1 Å². The number of hydrogen-bond acceptors (Lipinski definition) is 4. The molecule has 1 aliphatic rings. The number of hydrogen-bond donors (Lipinski definition) is 1. The number of rotatable bonds is 5. The van der Waals surface area contributed by atoms with Crippen molar-refractivity contribution < 1.29 is 23.0 Å². The van der Waals surface area contributed by atoms with Crippen molar-refractivity contribution in [2.75, 3.05) is 12.0 Å². The maximum absolute atomic E-state index is 12.9. The van der Waals surface area contributed by atoms with Gasteiger partial charge in [0.05, 0.1) is 18.7 Å². The average molecular weight is 418 g/mol. The number of esters is 1. The van der Waals surface area contributed by atoms with Crippen molar-refractivity contribution in [1.29, 1.82) is 0 Å². The van der Waals surface area contributed by atoms with E-state index in [2.05, 4.69) is 10.1 Å². The molecule has 3 rings (SSSR count). The fourth-order valence-corrected chi connectivity index (χ4v) is 3.71. The molecule has 0 spiro atoms. The van der Waals surface area contributed by atoms with Gasteiger partial charge in [-0.3, -0.25) is 4.90 Å². The van der Waals surface area contributed by atoms with E-state index in [9.17, 15) is 13.6 Å². The second-order valence-corrected chi connectivity index (χ2v) is 6.85. The number of nitrogens with zero attached hydrogens (tertiary/aromatic N) is 1. The Kier molecular flexibility index (Phi) is 6.12. The van der Waals surface area contributed by atoms with Gasteiger partial charge in [-0.1, -0.05) is 30.3 Å². The van der Waals surface area contributed by atoms with E-state index in [1.807, 2.05) is 31.2 Å². The molecule has 1 N–H and O–H groups in total. The van der Waals surface area contributed by atoms with E-state index < -0.39 is 18.6 Å². The Morgan fingerprint density at radius 3 is 2.55 bits per heavy atom. The molecule has 0 bridgehead atoms. The van der Waals surface area contributed by atoms with Gasteiger partial charge in [-0.05, 0) is 49.8 Å². The minimum absolute atomic E-state index is 0.0407. The summed E-state index contributed by atoms with van der Waals surface area (Å²) in [5, 5.41) is 3.41. The molecule has 0 radical (unpaired) electrons. The van der Waals surface area contributed by atoms with Crippen LogP contribution >= 0.6 is 12.2 Å². The summed E-state index contributed by atoms with van der Waals surface area (Å²) in [6, 6.07) is 13.1. The molecule has 2 aromatic rings. The highest BCUT2D eigenvalue weighted by Crippen LogP contribution is 2.38. The third-order valence-corrected chi connectivity index (χ3v) is 4.90. The summed E-state index contributed by atoms with van der Waals surface area (Å²) >= 11 is 5.55. The summed E-state index contributed by atoms with van der Waals surface area (Å²) in [6.07, 6.45) is 0. The van der Waals surface area contributed by atoms with E-state index in [0.717, 1.165) is 11.3 Å². The van der Waals surface area contributed by atoms with Gasteiger partial charge in [-0.2, -0.15) is 8.78 Å². The minimum atomic E-state index is -3.00. The Bertz CT molecular complexity index is 978. The predicted molar refractivity (Wildman–Crippen MR) is 110 cm³/mol. The first-order valence-electron chi connectivity index (χ1n) is 8.83. The second kappa shape index (κ2) is 8.57. The SMILES string of the molecule is COC(=O)C1=C(C)N(c2cccc(C)c2)C(=S)N[C@H]1c1ccccc1OC(F)F. The molecule has 0 aliphatic carbocycles. The van der Waals surface area contributed by atoms with E-state index in [1.54, 1.807) is 30.0 Å². The summed E-state index contributed by atoms with van der Waals surface area (Å²) < 4.78 is 35.4. The fourth-order valence-electron chi connectivity index (χ4n) is 3.35. The van der Waals surface area contributed by atoms with Crippen molar-refractivity contribution in [3.63, 3.8) is 0 Å². The van der Waals surface area contributed by atoms with Crippen LogP contribution in [0.5, 0.6) is 5.75 Å². The quantitative estimate of drug-likeness (QED) is 0.571. The molecule has 0 amide bonds. The normalized spacial score (nSPS) is 16.7. The van der Waals surface area contributed by atoms with Gasteiger partial charge in [0.25, 0.3) is 0 Å². The lowest BCUT2D eigenvalue weighted by atomic mass is 9.94. The number of aryl methyl sites for hydroxylation is 1. The van der Waals surface area contributed by atoms with Gasteiger partial charge in [-0.15, -0.1) is 0 Å². The second-order valence-electron chi connectivity index (χ2n) is 6.46. The lowest BCUT2D eigenvalue weighted by Crippen LogP contribution is -2.48. The first-order chi connectivity index (χ1) is 13.8. The van der Waals surface area contributed by atoms with Crippen molar-refractivity contribution in [2.45, 2.75) is 26.5 Å². The van der Waals surface area contributed by atoms with Crippen molar-refractivity contribution in [3.8, 4) is 5.75 Å². The van der Waals surface area contributed by atoms with Gasteiger partial charge in [0.1, 0.15) is 5.75 Å². The van der Waals surface area contributed by atoms with Crippen LogP contribution in [0.4, 0.5) is 14.5 Å². The first kappa shape index (κ1) is 20.7. The molecule has 1 heterocycles. The highest BCUT2D eigenvalue weighted by Gasteiger charge is 2.36. The Morgan fingerprint density at radius 1 is 1.17 bits per heavy atom. The third-order valence-electron chi connectivity index (χ3n) is 4.60. The number of allylic oxidation sites excluding steroid dienone is 1. The molecule has 29 heavy (non-hydrogen) atoms. The Morgan fingerprint density at radius 2 is 1.90 bits per heavy atom. The van der Waals surface area contributed by atoms with Crippen LogP contribution in [0.2, 0.25) is 0 Å². The molecular formula is C21H20F2N2O3S. The summed E-state index contributed by atoms with van der Waals surface area (Å²) in [6.45, 7) is 0.693. The van der Waals surface area contributed by atoms with Gasteiger partial charge < -0.3 is 14.8 Å². The molecule has 152 valence electrons. The number of ether oxygens (including phenoxy) is 2. The third kappa shape index (κ3) is 4.22. The largest absolute Gasteiger partial charge is 0.466 e. The lowest BCUT2D eigenvalue weighted by Gasteiger charge is -2.37. The van der Waals surface area contributed by atoms with Crippen LogP contribution in [-0.2, 0) is 9.53 Å². The molecular weight excluding hydrogens is 398 g/mol. The van der Waals surface area contributed by atoms with Gasteiger partial charge in [0, 0.05) is 16.9 Å². The zero-order valence-electron chi connectivity index (χ0n) is 16.1. The highest BCUT2D eigenvalue weighted by atomic mass is 32.1. The molecule has 0 aromatic heterocycles. The first-order valence-corrected chi connectivity index (χ1v) is 9.24. The van der Waals surface area contributed by atoms with E-state index in [1.165, 1.54) is 13.2 Å². The van der Waals surface area contributed by atoms with Crippen LogP contribution in [0.15, 0.2) is 59.8 Å². The Hall–Kier alpha value is -3.00. The summed E-state index contributed by atoms with van der Waals surface area (Å²) in [5.74, 6) is -0.631. The monoisotopic (exact) mass is 418 g/mol. The van der Waals surface area contributed by atoms with Crippen LogP contribution in [0.3, 0.4) is 0 Å². The lowest BCUT2D eigenvalue weighted by molar-refractivity contribution is -0.136. The Labute approximate surface area is 172 Å². The number of anilines is 1. The molecule has 8 heteroatoms. The highest BCUT2D eigenvalue weighted by molar-refractivity contribution is 7.80. The molecule has 5 nitrogen and oxygen atoms in total. The van der Waals surface area contributed by atoms with Gasteiger partial charge in [0.15, 0.2) is 5.11 Å². The standard InChI is InChI=1S/C21H20F2N2O3S/c1-12-7-6-8-14(11-12)25-13(2)17(19(26)27-3)18(24-21(25)29)15-9-4-5-10-16(15)28-20(22)23/h4-11,18,20H,1-3H3,(H,24,29)/t18-/m0/s1. The average Bonchev–Trinajstić information content (AvgIpc) is 2.67. The number of para-hydroxylation sites is 1. The Balaban J connectivity index is 2.16. The molecule has 1 aliphatic heterocycles. The van der Waals surface area contributed by atoms with Gasteiger partial charge in [-0.25, -0.2) is 4.79 Å². The maximum Gasteiger partial charge on any atom is 0.387 e. The number of nitrogens with one attached hydrogen (secondary N) is 1. The van der Waals surface area contributed by atoms with E-state index in [4.69, 9.17) is 17.0 Å². The van der Waals surface area contributed by atoms with E-state index in [-0.39, 0.29) is 11.3 Å². The molecule has 0 fully saturated rings. The number of methoxy groups -OCH3 is 1. The number of thiocarbonyl (C=S) groups is 1. The minimum Gasteiger partial charge on any atom is -0.466 e. The summed E-state index contributed by atoms with van der Waals surface area (Å²) in [4.78, 5) is 14.4. The maximum atomic E-state index is 12.9. The van der Waals surface area contributed by atoms with Crippen molar-refractivity contribution in [1.82, 2.24) is 5.32 Å². The van der Waals surface area contributed by atoms with Gasteiger partial charge in [0.2, 0.25) is 0 Å². The molecule has 0 unspecified atom stereocenters. The zero-order valence-corrected chi connectivity index (χ0v) is 16.9. The van der Waals surface area contributed by atoms with Gasteiger partial charge >= 0.3 is 12.6 Å². The molecule has 0 saturated heterocycles. The smallest absolute Gasteiger partial charge is 0.387 e. The number of carbonyl (C=O) groups excluding carboxylic acids is 1.